The molecule has 1 amide bonds. The minimum absolute atomic E-state index is 0.0441. The van der Waals surface area contributed by atoms with Gasteiger partial charge in [0.25, 0.3) is 5.91 Å². The van der Waals surface area contributed by atoms with Crippen LogP contribution in [0.25, 0.3) is 0 Å². The molecule has 6 heteroatoms. The number of ether oxygens (including phenoxy) is 1. The fraction of sp³-hybridized carbons (Fsp3) is 0.522. The summed E-state index contributed by atoms with van der Waals surface area (Å²) in [5, 5.41) is 10.7. The highest BCUT2D eigenvalue weighted by Gasteiger charge is 2.47. The van der Waals surface area contributed by atoms with Crippen LogP contribution in [0.4, 0.5) is 0 Å². The van der Waals surface area contributed by atoms with E-state index in [0.29, 0.717) is 23.8 Å². The first-order chi connectivity index (χ1) is 14.1. The lowest BCUT2D eigenvalue weighted by Gasteiger charge is -2.47. The third kappa shape index (κ3) is 4.88. The molecule has 0 bridgehead atoms. The minimum Gasteiger partial charge on any atom is -0.396 e. The number of rotatable bonds is 7. The average molecular weight is 436 g/mol. The quantitative estimate of drug-likeness (QED) is 0.664. The van der Waals surface area contributed by atoms with Gasteiger partial charge in [-0.25, -0.2) is 0 Å². The molecule has 4 rings (SSSR count). The van der Waals surface area contributed by atoms with Crippen LogP contribution < -0.4 is 0 Å². The van der Waals surface area contributed by atoms with Gasteiger partial charge in [0.15, 0.2) is 0 Å². The first-order valence-electron chi connectivity index (χ1n) is 10.4. The number of amides is 1. The molecule has 4 atom stereocenters. The Morgan fingerprint density at radius 2 is 2.07 bits per heavy atom. The second kappa shape index (κ2) is 9.22. The number of hydrogen-bond acceptors (Lipinski definition) is 3. The van der Waals surface area contributed by atoms with Crippen molar-refractivity contribution < 1.29 is 14.6 Å². The number of morpholine rings is 1. The predicted molar refractivity (Wildman–Crippen MR) is 115 cm³/mol. The summed E-state index contributed by atoms with van der Waals surface area (Å²) >= 11 is 12.4. The van der Waals surface area contributed by atoms with Crippen LogP contribution in [0.3, 0.4) is 0 Å². The lowest BCUT2D eigenvalue weighted by molar-refractivity contribution is -0.178. The standard InChI is InChI=1S/C23H27Cl2NO3/c24-18-10-8-16(9-11-18)21-22(17-3-1-4-19(25)13-17)29-20(5-2-12-27)23(28)26(21)14-15-6-7-15/h1,3-4,8,10-11,13,15-16,20-22,27H,2,5-7,9,12,14H2. The van der Waals surface area contributed by atoms with E-state index in [1.807, 2.05) is 36.4 Å². The molecule has 1 aliphatic heterocycles. The Kier molecular flexibility index (Phi) is 6.65. The summed E-state index contributed by atoms with van der Waals surface area (Å²) in [4.78, 5) is 15.4. The number of aliphatic hydroxyl groups excluding tert-OH is 1. The van der Waals surface area contributed by atoms with Gasteiger partial charge < -0.3 is 14.7 Å². The van der Waals surface area contributed by atoms with Crippen molar-refractivity contribution in [3.05, 3.63) is 58.1 Å². The molecule has 1 heterocycles. The summed E-state index contributed by atoms with van der Waals surface area (Å²) in [5.41, 5.74) is 0.985. The van der Waals surface area contributed by atoms with Crippen molar-refractivity contribution >= 4 is 29.1 Å². The highest BCUT2D eigenvalue weighted by atomic mass is 35.5. The van der Waals surface area contributed by atoms with Gasteiger partial charge in [-0.1, -0.05) is 47.5 Å². The average Bonchev–Trinajstić information content (AvgIpc) is 3.53. The second-order valence-corrected chi connectivity index (χ2v) is 9.11. The Bertz CT molecular complexity index is 805. The van der Waals surface area contributed by atoms with E-state index in [4.69, 9.17) is 27.9 Å². The SMILES string of the molecule is O=C1C(CCCO)OC(c2cccc(Cl)c2)C(C2C=CC(Cl)=CC2)N1CC1CC1. The fourth-order valence-electron chi connectivity index (χ4n) is 4.35. The highest BCUT2D eigenvalue weighted by Crippen LogP contribution is 2.42. The molecular formula is C23H27Cl2NO3. The molecule has 1 aromatic rings. The normalized spacial score (nSPS) is 29.8. The molecule has 0 radical (unpaired) electrons. The number of hydrogen-bond donors (Lipinski definition) is 1. The zero-order chi connectivity index (χ0) is 20.4. The molecule has 1 aromatic carbocycles. The molecule has 2 fully saturated rings. The van der Waals surface area contributed by atoms with Crippen molar-refractivity contribution in [2.75, 3.05) is 13.2 Å². The number of halogens is 2. The molecule has 0 aromatic heterocycles. The number of aliphatic hydroxyl groups is 1. The first-order valence-corrected chi connectivity index (χ1v) is 11.2. The van der Waals surface area contributed by atoms with Crippen LogP contribution in [-0.2, 0) is 9.53 Å². The molecule has 1 saturated carbocycles. The zero-order valence-corrected chi connectivity index (χ0v) is 17.9. The third-order valence-corrected chi connectivity index (χ3v) is 6.53. The lowest BCUT2D eigenvalue weighted by atomic mass is 9.83. The molecule has 156 valence electrons. The van der Waals surface area contributed by atoms with Crippen molar-refractivity contribution in [2.24, 2.45) is 11.8 Å². The van der Waals surface area contributed by atoms with Crippen molar-refractivity contribution in [3.8, 4) is 0 Å². The maximum Gasteiger partial charge on any atom is 0.252 e. The highest BCUT2D eigenvalue weighted by molar-refractivity contribution is 6.31. The van der Waals surface area contributed by atoms with E-state index in [9.17, 15) is 9.90 Å². The summed E-state index contributed by atoms with van der Waals surface area (Å²) in [6.07, 6.45) is 9.42. The summed E-state index contributed by atoms with van der Waals surface area (Å²) in [6, 6.07) is 7.62. The van der Waals surface area contributed by atoms with Gasteiger partial charge in [-0.05, 0) is 61.8 Å². The Balaban J connectivity index is 1.70. The number of nitrogens with zero attached hydrogens (tertiary/aromatic N) is 1. The fourth-order valence-corrected chi connectivity index (χ4v) is 4.71. The second-order valence-electron chi connectivity index (χ2n) is 8.24. The molecule has 3 aliphatic rings. The van der Waals surface area contributed by atoms with E-state index in [1.165, 1.54) is 12.8 Å². The van der Waals surface area contributed by atoms with Gasteiger partial charge in [-0.2, -0.15) is 0 Å². The zero-order valence-electron chi connectivity index (χ0n) is 16.3. The maximum absolute atomic E-state index is 13.4. The Morgan fingerprint density at radius 3 is 2.72 bits per heavy atom. The van der Waals surface area contributed by atoms with Gasteiger partial charge in [-0.3, -0.25) is 4.79 Å². The van der Waals surface area contributed by atoms with Gasteiger partial charge in [0.1, 0.15) is 12.2 Å². The van der Waals surface area contributed by atoms with E-state index in [-0.39, 0.29) is 30.6 Å². The summed E-state index contributed by atoms with van der Waals surface area (Å²) in [6.45, 7) is 0.816. The van der Waals surface area contributed by atoms with E-state index in [2.05, 4.69) is 11.0 Å². The van der Waals surface area contributed by atoms with Crippen molar-refractivity contribution in [1.82, 2.24) is 4.90 Å². The third-order valence-electron chi connectivity index (χ3n) is 6.02. The van der Waals surface area contributed by atoms with Crippen LogP contribution in [0.2, 0.25) is 5.02 Å². The molecule has 4 nitrogen and oxygen atoms in total. The molecule has 4 unspecified atom stereocenters. The van der Waals surface area contributed by atoms with Gasteiger partial charge >= 0.3 is 0 Å². The Labute approximate surface area is 182 Å². The van der Waals surface area contributed by atoms with Crippen molar-refractivity contribution in [3.63, 3.8) is 0 Å². The van der Waals surface area contributed by atoms with Gasteiger partial charge in [0.05, 0.1) is 6.04 Å². The van der Waals surface area contributed by atoms with E-state index in [0.717, 1.165) is 23.6 Å². The summed E-state index contributed by atoms with van der Waals surface area (Å²) in [5.74, 6) is 0.746. The van der Waals surface area contributed by atoms with Crippen LogP contribution in [0, 0.1) is 11.8 Å². The smallest absolute Gasteiger partial charge is 0.252 e. The van der Waals surface area contributed by atoms with Gasteiger partial charge in [0, 0.05) is 29.1 Å². The van der Waals surface area contributed by atoms with E-state index < -0.39 is 6.10 Å². The molecule has 1 N–H and O–H groups in total. The van der Waals surface area contributed by atoms with Crippen LogP contribution in [0.1, 0.15) is 43.8 Å². The number of allylic oxidation sites excluding steroid dienone is 3. The van der Waals surface area contributed by atoms with Gasteiger partial charge in [-0.15, -0.1) is 0 Å². The molecule has 2 aliphatic carbocycles. The van der Waals surface area contributed by atoms with Crippen LogP contribution in [0.15, 0.2) is 47.5 Å². The number of carbonyl (C=O) groups is 1. The van der Waals surface area contributed by atoms with Crippen molar-refractivity contribution in [1.29, 1.82) is 0 Å². The summed E-state index contributed by atoms with van der Waals surface area (Å²) < 4.78 is 6.42. The monoisotopic (exact) mass is 435 g/mol. The van der Waals surface area contributed by atoms with E-state index in [1.54, 1.807) is 0 Å². The molecule has 29 heavy (non-hydrogen) atoms. The predicted octanol–water partition coefficient (Wildman–Crippen LogP) is 4.86. The van der Waals surface area contributed by atoms with Gasteiger partial charge in [0.2, 0.25) is 0 Å². The molecular weight excluding hydrogens is 409 g/mol. The first kappa shape index (κ1) is 20.9. The van der Waals surface area contributed by atoms with E-state index >= 15 is 0 Å². The number of carbonyl (C=O) groups excluding carboxylic acids is 1. The van der Waals surface area contributed by atoms with Crippen molar-refractivity contribution in [2.45, 2.75) is 50.4 Å². The topological polar surface area (TPSA) is 49.8 Å². The minimum atomic E-state index is -0.534. The number of benzene rings is 1. The van der Waals surface area contributed by atoms with Crippen LogP contribution >= 0.6 is 23.2 Å². The Morgan fingerprint density at radius 1 is 1.24 bits per heavy atom. The summed E-state index contributed by atoms with van der Waals surface area (Å²) in [7, 11) is 0. The van der Waals surface area contributed by atoms with Crippen LogP contribution in [0.5, 0.6) is 0 Å². The molecule has 0 spiro atoms. The lowest BCUT2D eigenvalue weighted by Crippen LogP contribution is -2.58. The Hall–Kier alpha value is -1.33. The maximum atomic E-state index is 13.4. The van der Waals surface area contributed by atoms with Crippen LogP contribution in [-0.4, -0.2) is 41.2 Å². The molecule has 1 saturated heterocycles. The largest absolute Gasteiger partial charge is 0.396 e.